The van der Waals surface area contributed by atoms with Crippen LogP contribution in [0.5, 0.6) is 0 Å². The lowest BCUT2D eigenvalue weighted by molar-refractivity contribution is -0.150. The van der Waals surface area contributed by atoms with Crippen LogP contribution in [-0.2, 0) is 9.63 Å². The van der Waals surface area contributed by atoms with Gasteiger partial charge in [0.15, 0.2) is 0 Å². The molecule has 106 valence electrons. The average Bonchev–Trinajstić information content (AvgIpc) is 3.16. The second kappa shape index (κ2) is 5.16. The number of allylic oxidation sites excluding steroid dienone is 1. The minimum absolute atomic E-state index is 0.114. The predicted molar refractivity (Wildman–Crippen MR) is 73.0 cm³/mol. The van der Waals surface area contributed by atoms with E-state index in [1.807, 2.05) is 18.7 Å². The molecule has 3 aliphatic rings. The van der Waals surface area contributed by atoms with Gasteiger partial charge in [0.2, 0.25) is 5.91 Å². The van der Waals surface area contributed by atoms with Gasteiger partial charge in [-0.2, -0.15) is 0 Å². The second-order valence-corrected chi connectivity index (χ2v) is 6.28. The molecule has 4 heteroatoms. The summed E-state index contributed by atoms with van der Waals surface area (Å²) in [6.07, 6.45) is 6.89. The molecule has 2 aliphatic heterocycles. The van der Waals surface area contributed by atoms with Gasteiger partial charge in [0.25, 0.3) is 0 Å². The fourth-order valence-electron chi connectivity index (χ4n) is 2.96. The Kier molecular flexibility index (Phi) is 3.52. The Morgan fingerprint density at radius 2 is 1.95 bits per heavy atom. The number of amides is 1. The Morgan fingerprint density at radius 3 is 2.53 bits per heavy atom. The van der Waals surface area contributed by atoms with Gasteiger partial charge in [0.1, 0.15) is 5.76 Å². The van der Waals surface area contributed by atoms with E-state index in [-0.39, 0.29) is 11.8 Å². The van der Waals surface area contributed by atoms with Gasteiger partial charge in [-0.1, -0.05) is 13.8 Å². The average molecular weight is 264 g/mol. The van der Waals surface area contributed by atoms with Crippen LogP contribution in [0.1, 0.15) is 39.5 Å². The number of hydrogen-bond donors (Lipinski definition) is 0. The minimum Gasteiger partial charge on any atom is -0.410 e. The summed E-state index contributed by atoms with van der Waals surface area (Å²) in [5.41, 5.74) is 0. The molecule has 1 aliphatic carbocycles. The summed E-state index contributed by atoms with van der Waals surface area (Å²) >= 11 is 0. The van der Waals surface area contributed by atoms with E-state index in [0.29, 0.717) is 12.0 Å². The third kappa shape index (κ3) is 2.78. The van der Waals surface area contributed by atoms with Crippen molar-refractivity contribution in [1.29, 1.82) is 0 Å². The summed E-state index contributed by atoms with van der Waals surface area (Å²) < 4.78 is 0. The van der Waals surface area contributed by atoms with Crippen LogP contribution in [0, 0.1) is 11.8 Å². The summed E-state index contributed by atoms with van der Waals surface area (Å²) in [6.45, 7) is 6.63. The van der Waals surface area contributed by atoms with Crippen LogP contribution in [0.2, 0.25) is 0 Å². The molecule has 2 fully saturated rings. The molecule has 0 unspecified atom stereocenters. The van der Waals surface area contributed by atoms with E-state index < -0.39 is 0 Å². The fourth-order valence-corrected chi connectivity index (χ4v) is 2.96. The molecule has 1 saturated heterocycles. The summed E-state index contributed by atoms with van der Waals surface area (Å²) in [7, 11) is 0. The quantitative estimate of drug-likeness (QED) is 0.783. The number of likely N-dealkylation sites (tertiary alicyclic amines) is 1. The van der Waals surface area contributed by atoms with Crippen LogP contribution < -0.4 is 0 Å². The van der Waals surface area contributed by atoms with Gasteiger partial charge >= 0.3 is 0 Å². The molecule has 4 nitrogen and oxygen atoms in total. The van der Waals surface area contributed by atoms with Gasteiger partial charge in [-0.25, -0.2) is 0 Å². The van der Waals surface area contributed by atoms with Crippen LogP contribution >= 0.6 is 0 Å². The summed E-state index contributed by atoms with van der Waals surface area (Å²) in [6, 6.07) is 0.476. The SMILES string of the molecule is CC(C)C(=O)N1CCC(N2CC=C(C3CC3)O2)CC1. The first-order valence-electron chi connectivity index (χ1n) is 7.58. The fraction of sp³-hybridized carbons (Fsp3) is 0.800. The van der Waals surface area contributed by atoms with Crippen LogP contribution in [0.25, 0.3) is 0 Å². The third-order valence-electron chi connectivity index (χ3n) is 4.35. The highest BCUT2D eigenvalue weighted by atomic mass is 16.7. The van der Waals surface area contributed by atoms with Gasteiger partial charge in [0.05, 0.1) is 6.54 Å². The number of nitrogens with zero attached hydrogens (tertiary/aromatic N) is 2. The number of rotatable bonds is 3. The van der Waals surface area contributed by atoms with E-state index in [2.05, 4.69) is 11.1 Å². The van der Waals surface area contributed by atoms with E-state index in [4.69, 9.17) is 4.84 Å². The molecule has 3 rings (SSSR count). The van der Waals surface area contributed by atoms with E-state index in [1.54, 1.807) is 0 Å². The summed E-state index contributed by atoms with van der Waals surface area (Å²) in [5.74, 6) is 2.30. The largest absolute Gasteiger partial charge is 0.410 e. The van der Waals surface area contributed by atoms with Crippen LogP contribution in [-0.4, -0.2) is 41.5 Å². The van der Waals surface area contributed by atoms with Gasteiger partial charge in [-0.3, -0.25) is 4.79 Å². The molecule has 0 N–H and O–H groups in total. The molecule has 0 radical (unpaired) electrons. The maximum Gasteiger partial charge on any atom is 0.225 e. The Bertz CT molecular complexity index is 380. The molecular formula is C15H24N2O2. The molecule has 0 aromatic rings. The molecule has 1 amide bonds. The van der Waals surface area contributed by atoms with Gasteiger partial charge in [-0.05, 0) is 31.8 Å². The van der Waals surface area contributed by atoms with Crippen LogP contribution in [0.3, 0.4) is 0 Å². The van der Waals surface area contributed by atoms with E-state index in [1.165, 1.54) is 18.6 Å². The summed E-state index contributed by atoms with van der Waals surface area (Å²) in [4.78, 5) is 19.9. The van der Waals surface area contributed by atoms with Crippen molar-refractivity contribution >= 4 is 5.91 Å². The van der Waals surface area contributed by atoms with Crippen LogP contribution in [0.15, 0.2) is 11.8 Å². The van der Waals surface area contributed by atoms with Gasteiger partial charge in [0, 0.05) is 31.0 Å². The first-order valence-corrected chi connectivity index (χ1v) is 7.58. The van der Waals surface area contributed by atoms with E-state index in [0.717, 1.165) is 32.5 Å². The number of hydrogen-bond acceptors (Lipinski definition) is 3. The smallest absolute Gasteiger partial charge is 0.225 e. The molecule has 0 atom stereocenters. The number of carbonyl (C=O) groups is 1. The third-order valence-corrected chi connectivity index (χ3v) is 4.35. The second-order valence-electron chi connectivity index (χ2n) is 6.28. The molecular weight excluding hydrogens is 240 g/mol. The van der Waals surface area contributed by atoms with E-state index in [9.17, 15) is 4.79 Å². The minimum atomic E-state index is 0.114. The monoisotopic (exact) mass is 264 g/mol. The lowest BCUT2D eigenvalue weighted by Gasteiger charge is -2.36. The Morgan fingerprint density at radius 1 is 1.26 bits per heavy atom. The van der Waals surface area contributed by atoms with Gasteiger partial charge in [-0.15, -0.1) is 5.06 Å². The highest BCUT2D eigenvalue weighted by Gasteiger charge is 2.35. The molecule has 2 heterocycles. The van der Waals surface area contributed by atoms with Crippen molar-refractivity contribution in [3.63, 3.8) is 0 Å². The first-order chi connectivity index (χ1) is 9.15. The van der Waals surface area contributed by atoms with Crippen molar-refractivity contribution in [1.82, 2.24) is 9.96 Å². The Labute approximate surface area is 115 Å². The first kappa shape index (κ1) is 13.0. The van der Waals surface area contributed by atoms with Crippen LogP contribution in [0.4, 0.5) is 0 Å². The Hall–Kier alpha value is -1.03. The number of hydroxylamine groups is 2. The molecule has 0 aromatic heterocycles. The molecule has 19 heavy (non-hydrogen) atoms. The van der Waals surface area contributed by atoms with Crippen molar-refractivity contribution in [2.24, 2.45) is 11.8 Å². The molecule has 0 bridgehead atoms. The lowest BCUT2D eigenvalue weighted by Crippen LogP contribution is -2.46. The zero-order valence-electron chi connectivity index (χ0n) is 12.0. The topological polar surface area (TPSA) is 32.8 Å². The summed E-state index contributed by atoms with van der Waals surface area (Å²) in [5, 5.41) is 2.13. The van der Waals surface area contributed by atoms with Gasteiger partial charge < -0.3 is 9.74 Å². The maximum atomic E-state index is 11.9. The number of carbonyl (C=O) groups excluding carboxylic acids is 1. The molecule has 0 spiro atoms. The Balaban J connectivity index is 1.47. The predicted octanol–water partition coefficient (Wildman–Crippen LogP) is 2.17. The van der Waals surface area contributed by atoms with Crippen molar-refractivity contribution in [3.05, 3.63) is 11.8 Å². The van der Waals surface area contributed by atoms with E-state index >= 15 is 0 Å². The highest BCUT2D eigenvalue weighted by molar-refractivity contribution is 5.78. The zero-order valence-corrected chi connectivity index (χ0v) is 12.0. The van der Waals surface area contributed by atoms with Crippen molar-refractivity contribution in [2.75, 3.05) is 19.6 Å². The highest BCUT2D eigenvalue weighted by Crippen LogP contribution is 2.40. The van der Waals surface area contributed by atoms with Crippen molar-refractivity contribution in [2.45, 2.75) is 45.6 Å². The number of piperidine rings is 1. The molecule has 1 saturated carbocycles. The van der Waals surface area contributed by atoms with Crippen molar-refractivity contribution < 1.29 is 9.63 Å². The lowest BCUT2D eigenvalue weighted by atomic mass is 10.0. The zero-order chi connectivity index (χ0) is 13.4. The standard InChI is InChI=1S/C15H24N2O2/c1-11(2)15(18)16-8-5-13(6-9-16)17-10-7-14(19-17)12-3-4-12/h7,11-13H,3-6,8-10H2,1-2H3. The maximum absolute atomic E-state index is 11.9. The van der Waals surface area contributed by atoms with Crippen molar-refractivity contribution in [3.8, 4) is 0 Å². The molecule has 0 aromatic carbocycles. The normalized spacial score (nSPS) is 25.6.